The van der Waals surface area contributed by atoms with E-state index in [1.807, 2.05) is 60.1 Å². The predicted molar refractivity (Wildman–Crippen MR) is 102 cm³/mol. The highest BCUT2D eigenvalue weighted by molar-refractivity contribution is 6.07. The minimum Gasteiger partial charge on any atom is -0.335 e. The molecule has 1 fully saturated rings. The molecule has 1 aliphatic rings. The highest BCUT2D eigenvalue weighted by Gasteiger charge is 2.35. The van der Waals surface area contributed by atoms with Gasteiger partial charge in [0.2, 0.25) is 0 Å². The molecule has 0 saturated carbocycles. The van der Waals surface area contributed by atoms with Gasteiger partial charge >= 0.3 is 0 Å². The number of nitrogens with one attached hydrogen (secondary N) is 1. The first kappa shape index (κ1) is 16.3. The molecule has 1 amide bonds. The van der Waals surface area contributed by atoms with Crippen molar-refractivity contribution in [1.82, 2.24) is 24.6 Å². The zero-order chi connectivity index (χ0) is 18.3. The second-order valence-corrected chi connectivity index (χ2v) is 6.50. The Morgan fingerprint density at radius 1 is 1.42 bits per heavy atom. The van der Waals surface area contributed by atoms with Crippen LogP contribution >= 0.6 is 0 Å². The van der Waals surface area contributed by atoms with Crippen molar-refractivity contribution in [2.75, 3.05) is 6.54 Å². The number of likely N-dealkylation sites (tertiary alicyclic amines) is 1. The molecule has 3 aromatic heterocycles. The minimum absolute atomic E-state index is 0.0471. The van der Waals surface area contributed by atoms with E-state index >= 15 is 0 Å². The number of carbonyl (C=O) groups excluding carboxylic acids is 1. The monoisotopic (exact) mass is 347 g/mol. The Morgan fingerprint density at radius 3 is 2.88 bits per heavy atom. The minimum atomic E-state index is 0.0471. The van der Waals surface area contributed by atoms with E-state index in [1.54, 1.807) is 6.20 Å². The number of pyridine rings is 1. The fraction of sp³-hybridized carbons (Fsp3) is 0.250. The molecule has 1 N–H and O–H groups in total. The molecule has 0 bridgehead atoms. The highest BCUT2D eigenvalue weighted by atomic mass is 16.2. The second kappa shape index (κ2) is 6.29. The summed E-state index contributed by atoms with van der Waals surface area (Å²) in [6.07, 6.45) is 10.3. The van der Waals surface area contributed by atoms with Crippen molar-refractivity contribution in [3.63, 3.8) is 0 Å². The van der Waals surface area contributed by atoms with Crippen LogP contribution in [0.2, 0.25) is 0 Å². The fourth-order valence-electron chi connectivity index (χ4n) is 3.55. The molecule has 1 atom stereocenters. The largest absolute Gasteiger partial charge is 0.335 e. The topological polar surface area (TPSA) is 66.8 Å². The second-order valence-electron chi connectivity index (χ2n) is 6.50. The van der Waals surface area contributed by atoms with E-state index in [4.69, 9.17) is 4.98 Å². The number of nitrogens with zero attached hydrogens (tertiary/aromatic N) is 4. The van der Waals surface area contributed by atoms with Gasteiger partial charge in [0, 0.05) is 36.9 Å². The van der Waals surface area contributed by atoms with Gasteiger partial charge in [0.25, 0.3) is 5.91 Å². The SMILES string of the molecule is C=C/C(=C\C)C1CCN1C(=O)c1cn(C)c2nc(-c3cn[nH]c3)ccc12. The number of allylic oxidation sites excluding steroid dienone is 1. The van der Waals surface area contributed by atoms with E-state index < -0.39 is 0 Å². The first-order chi connectivity index (χ1) is 12.6. The average Bonchev–Trinajstić information content (AvgIpc) is 3.26. The third kappa shape index (κ3) is 2.45. The molecule has 3 aromatic rings. The van der Waals surface area contributed by atoms with Crippen LogP contribution in [-0.4, -0.2) is 43.1 Å². The molecule has 1 unspecified atom stereocenters. The predicted octanol–water partition coefficient (Wildman–Crippen LogP) is 3.31. The summed E-state index contributed by atoms with van der Waals surface area (Å²) in [4.78, 5) is 19.7. The lowest BCUT2D eigenvalue weighted by atomic mass is 9.93. The van der Waals surface area contributed by atoms with Crippen molar-refractivity contribution < 1.29 is 4.79 Å². The number of rotatable bonds is 4. The van der Waals surface area contributed by atoms with Crippen LogP contribution in [0.1, 0.15) is 23.7 Å². The summed E-state index contributed by atoms with van der Waals surface area (Å²) < 4.78 is 1.91. The van der Waals surface area contributed by atoms with Crippen LogP contribution in [0.25, 0.3) is 22.3 Å². The van der Waals surface area contributed by atoms with Gasteiger partial charge in [-0.2, -0.15) is 5.10 Å². The van der Waals surface area contributed by atoms with Crippen molar-refractivity contribution >= 4 is 16.9 Å². The molecule has 6 nitrogen and oxygen atoms in total. The Bertz CT molecular complexity index is 1010. The van der Waals surface area contributed by atoms with Gasteiger partial charge in [0.15, 0.2) is 0 Å². The van der Waals surface area contributed by atoms with Gasteiger partial charge in [-0.05, 0) is 31.1 Å². The molecule has 1 saturated heterocycles. The van der Waals surface area contributed by atoms with Crippen molar-refractivity contribution in [1.29, 1.82) is 0 Å². The number of carbonyl (C=O) groups is 1. The Balaban J connectivity index is 1.71. The van der Waals surface area contributed by atoms with Crippen LogP contribution in [0.4, 0.5) is 0 Å². The number of hydrogen-bond acceptors (Lipinski definition) is 3. The molecule has 6 heteroatoms. The van der Waals surface area contributed by atoms with Gasteiger partial charge in [-0.1, -0.05) is 18.7 Å². The summed E-state index contributed by atoms with van der Waals surface area (Å²) in [5, 5.41) is 7.64. The summed E-state index contributed by atoms with van der Waals surface area (Å²) in [6, 6.07) is 4.02. The molecule has 26 heavy (non-hydrogen) atoms. The molecule has 0 aromatic carbocycles. The molecule has 0 radical (unpaired) electrons. The van der Waals surface area contributed by atoms with Crippen LogP contribution in [-0.2, 0) is 7.05 Å². The molecule has 4 rings (SSSR count). The van der Waals surface area contributed by atoms with E-state index in [2.05, 4.69) is 16.8 Å². The van der Waals surface area contributed by atoms with Gasteiger partial charge in [-0.3, -0.25) is 9.89 Å². The Morgan fingerprint density at radius 2 is 2.27 bits per heavy atom. The van der Waals surface area contributed by atoms with Gasteiger partial charge in [0.05, 0.1) is 23.5 Å². The van der Waals surface area contributed by atoms with Crippen molar-refractivity contribution in [2.45, 2.75) is 19.4 Å². The number of amides is 1. The van der Waals surface area contributed by atoms with Crippen molar-refractivity contribution in [3.8, 4) is 11.3 Å². The Hall–Kier alpha value is -3.15. The van der Waals surface area contributed by atoms with Crippen molar-refractivity contribution in [3.05, 3.63) is 60.6 Å². The highest BCUT2D eigenvalue weighted by Crippen LogP contribution is 2.30. The number of aromatic amines is 1. The third-order valence-corrected chi connectivity index (χ3v) is 5.08. The van der Waals surface area contributed by atoms with Crippen LogP contribution in [0.5, 0.6) is 0 Å². The van der Waals surface area contributed by atoms with Crippen LogP contribution in [0.15, 0.2) is 55.0 Å². The molecular weight excluding hydrogens is 326 g/mol. The van der Waals surface area contributed by atoms with E-state index in [1.165, 1.54) is 0 Å². The summed E-state index contributed by atoms with van der Waals surface area (Å²) in [6.45, 7) is 6.61. The normalized spacial score (nSPS) is 17.4. The lowest BCUT2D eigenvalue weighted by Gasteiger charge is -2.41. The van der Waals surface area contributed by atoms with E-state index in [-0.39, 0.29) is 11.9 Å². The smallest absolute Gasteiger partial charge is 0.256 e. The maximum Gasteiger partial charge on any atom is 0.256 e. The average molecular weight is 347 g/mol. The van der Waals surface area contributed by atoms with Gasteiger partial charge in [-0.15, -0.1) is 0 Å². The van der Waals surface area contributed by atoms with Gasteiger partial charge in [-0.25, -0.2) is 4.98 Å². The fourth-order valence-corrected chi connectivity index (χ4v) is 3.55. The summed E-state index contributed by atoms with van der Waals surface area (Å²) in [7, 11) is 1.92. The van der Waals surface area contributed by atoms with Crippen LogP contribution in [0.3, 0.4) is 0 Å². The number of aromatic nitrogens is 4. The molecule has 0 spiro atoms. The van der Waals surface area contributed by atoms with Crippen LogP contribution in [0, 0.1) is 0 Å². The first-order valence-electron chi connectivity index (χ1n) is 8.69. The summed E-state index contributed by atoms with van der Waals surface area (Å²) in [5.41, 5.74) is 4.34. The van der Waals surface area contributed by atoms with E-state index in [0.717, 1.165) is 40.8 Å². The zero-order valence-electron chi connectivity index (χ0n) is 14.9. The number of hydrogen-bond donors (Lipinski definition) is 1. The molecule has 4 heterocycles. The Kier molecular flexibility index (Phi) is 3.95. The third-order valence-electron chi connectivity index (χ3n) is 5.08. The van der Waals surface area contributed by atoms with Gasteiger partial charge < -0.3 is 9.47 Å². The molecule has 132 valence electrons. The van der Waals surface area contributed by atoms with Gasteiger partial charge in [0.1, 0.15) is 5.65 Å². The van der Waals surface area contributed by atoms with Crippen molar-refractivity contribution in [2.24, 2.45) is 7.05 Å². The van der Waals surface area contributed by atoms with E-state index in [9.17, 15) is 4.79 Å². The van der Waals surface area contributed by atoms with E-state index in [0.29, 0.717) is 5.56 Å². The Labute approximate surface area is 151 Å². The molecule has 0 aliphatic carbocycles. The maximum absolute atomic E-state index is 13.1. The molecular formula is C20H21N5O. The number of aryl methyl sites for hydroxylation is 1. The van der Waals surface area contributed by atoms with Crippen LogP contribution < -0.4 is 0 Å². The zero-order valence-corrected chi connectivity index (χ0v) is 14.9. The lowest BCUT2D eigenvalue weighted by Crippen LogP contribution is -2.51. The number of fused-ring (bicyclic) bond motifs is 1. The summed E-state index contributed by atoms with van der Waals surface area (Å²) >= 11 is 0. The first-order valence-corrected chi connectivity index (χ1v) is 8.69. The standard InChI is InChI=1S/C20H21N5O/c1-4-13(5-2)18-8-9-25(18)20(26)16-12-24(3)19-15(16)6-7-17(23-19)14-10-21-22-11-14/h4-7,10-12,18H,1,8-9H2,2-3H3,(H,21,22)/b13-5+. The quantitative estimate of drug-likeness (QED) is 0.736. The summed E-state index contributed by atoms with van der Waals surface area (Å²) in [5.74, 6) is 0.0471. The number of H-pyrrole nitrogens is 1. The maximum atomic E-state index is 13.1. The molecule has 1 aliphatic heterocycles. The lowest BCUT2D eigenvalue weighted by molar-refractivity contribution is 0.0539.